The minimum atomic E-state index is -0.0432. The summed E-state index contributed by atoms with van der Waals surface area (Å²) in [5.41, 5.74) is 18.0. The summed E-state index contributed by atoms with van der Waals surface area (Å²) in [7, 11) is 0. The highest BCUT2D eigenvalue weighted by molar-refractivity contribution is 7.33. The Hall–Kier alpha value is -6.36. The Labute approximate surface area is 388 Å². The minimum Gasteiger partial charge on any atom is -0.311 e. The van der Waals surface area contributed by atoms with Crippen molar-refractivity contribution in [2.45, 2.75) is 85.5 Å². The van der Waals surface area contributed by atoms with Crippen molar-refractivity contribution < 1.29 is 0 Å². The van der Waals surface area contributed by atoms with Crippen LogP contribution in [0.2, 0.25) is 0 Å². The molecule has 0 atom stereocenters. The van der Waals surface area contributed by atoms with E-state index in [0.29, 0.717) is 0 Å². The second-order valence-corrected chi connectivity index (χ2v) is 23.0. The van der Waals surface area contributed by atoms with Gasteiger partial charge in [0.1, 0.15) is 0 Å². The second kappa shape index (κ2) is 13.8. The number of hydrogen-bond donors (Lipinski definition) is 0. The van der Waals surface area contributed by atoms with Gasteiger partial charge in [-0.25, -0.2) is 0 Å². The normalized spacial score (nSPS) is 13.9. The third-order valence-corrected chi connectivity index (χ3v) is 15.7. The van der Waals surface area contributed by atoms with Gasteiger partial charge in [0.15, 0.2) is 0 Å². The van der Waals surface area contributed by atoms with Crippen LogP contribution < -0.4 is 25.5 Å². The van der Waals surface area contributed by atoms with Crippen LogP contribution in [0.15, 0.2) is 152 Å². The van der Waals surface area contributed by atoms with Crippen LogP contribution in [0, 0.1) is 6.92 Å². The molecule has 2 aliphatic rings. The van der Waals surface area contributed by atoms with Gasteiger partial charge in [-0.15, -0.1) is 11.3 Å². The molecule has 0 radical (unpaired) electrons. The molecule has 1 aromatic heterocycles. The zero-order valence-corrected chi connectivity index (χ0v) is 40.1. The van der Waals surface area contributed by atoms with Crippen molar-refractivity contribution in [3.05, 3.63) is 174 Å². The Morgan fingerprint density at radius 3 is 1.74 bits per heavy atom. The Morgan fingerprint density at radius 2 is 1.03 bits per heavy atom. The molecular formula is C61H55BN2S. The van der Waals surface area contributed by atoms with Crippen molar-refractivity contribution in [1.29, 1.82) is 0 Å². The fraction of sp³-hybridized carbons (Fsp3) is 0.213. The lowest BCUT2D eigenvalue weighted by Gasteiger charge is -2.43. The number of nitrogens with zero attached hydrogens (tertiary/aromatic N) is 2. The van der Waals surface area contributed by atoms with E-state index in [9.17, 15) is 0 Å². The lowest BCUT2D eigenvalue weighted by atomic mass is 9.36. The SMILES string of the molecule is Cc1ccc2c(c1)B1c3sc4ccc(C(C)(C)C)cc4c3N(c3ccc(C(C)(C)C)cc3)c3cccc(c31)N2c1ccc(C(C)(C)C)cc1-c1ccc2ccc3cccc4ccc1c2c34. The summed E-state index contributed by atoms with van der Waals surface area (Å²) in [5, 5.41) is 9.18. The average Bonchev–Trinajstić information content (AvgIpc) is 3.66. The van der Waals surface area contributed by atoms with Crippen molar-refractivity contribution in [2.75, 3.05) is 9.80 Å². The zero-order valence-electron chi connectivity index (χ0n) is 39.3. The number of anilines is 6. The topological polar surface area (TPSA) is 6.48 Å². The van der Waals surface area contributed by atoms with Gasteiger partial charge in [0.2, 0.25) is 0 Å². The van der Waals surface area contributed by atoms with Gasteiger partial charge in [-0.3, -0.25) is 0 Å². The molecule has 9 aromatic carbocycles. The molecule has 0 fully saturated rings. The molecule has 318 valence electrons. The lowest BCUT2D eigenvalue weighted by Crippen LogP contribution is -2.60. The van der Waals surface area contributed by atoms with Crippen LogP contribution in [0.5, 0.6) is 0 Å². The molecule has 0 aliphatic carbocycles. The first-order valence-electron chi connectivity index (χ1n) is 23.4. The first kappa shape index (κ1) is 40.2. The van der Waals surface area contributed by atoms with E-state index in [1.807, 2.05) is 11.3 Å². The van der Waals surface area contributed by atoms with Crippen LogP contribution in [0.1, 0.15) is 84.6 Å². The minimum absolute atomic E-state index is 0.0198. The maximum Gasteiger partial charge on any atom is 0.264 e. The number of rotatable bonds is 3. The molecule has 12 rings (SSSR count). The summed E-state index contributed by atoms with van der Waals surface area (Å²) in [4.78, 5) is 5.21. The zero-order chi connectivity index (χ0) is 44.9. The van der Waals surface area contributed by atoms with E-state index in [1.165, 1.54) is 126 Å². The molecule has 0 unspecified atom stereocenters. The van der Waals surface area contributed by atoms with Crippen molar-refractivity contribution >= 4 is 110 Å². The highest BCUT2D eigenvalue weighted by Crippen LogP contribution is 2.51. The van der Waals surface area contributed by atoms with Gasteiger partial charge >= 0.3 is 0 Å². The van der Waals surface area contributed by atoms with E-state index in [4.69, 9.17) is 0 Å². The molecule has 0 saturated carbocycles. The van der Waals surface area contributed by atoms with Crippen LogP contribution in [0.3, 0.4) is 0 Å². The molecular weight excluding hydrogens is 804 g/mol. The highest BCUT2D eigenvalue weighted by atomic mass is 32.1. The second-order valence-electron chi connectivity index (χ2n) is 21.9. The van der Waals surface area contributed by atoms with E-state index in [1.54, 1.807) is 0 Å². The Morgan fingerprint density at radius 1 is 0.446 bits per heavy atom. The van der Waals surface area contributed by atoms with Crippen molar-refractivity contribution in [1.82, 2.24) is 0 Å². The van der Waals surface area contributed by atoms with Gasteiger partial charge in [0.25, 0.3) is 6.71 Å². The van der Waals surface area contributed by atoms with Crippen molar-refractivity contribution in [2.24, 2.45) is 0 Å². The Bertz CT molecular complexity index is 3560. The molecule has 65 heavy (non-hydrogen) atoms. The molecule has 2 aliphatic heterocycles. The molecule has 0 bridgehead atoms. The number of thiophene rings is 1. The maximum atomic E-state index is 2.61. The summed E-state index contributed by atoms with van der Waals surface area (Å²) in [6.45, 7) is 23.2. The monoisotopic (exact) mass is 858 g/mol. The van der Waals surface area contributed by atoms with E-state index < -0.39 is 0 Å². The molecule has 0 N–H and O–H groups in total. The summed E-state index contributed by atoms with van der Waals surface area (Å²) in [6, 6.07) is 58.9. The summed E-state index contributed by atoms with van der Waals surface area (Å²) in [6.07, 6.45) is 0. The molecule has 10 aromatic rings. The summed E-state index contributed by atoms with van der Waals surface area (Å²) < 4.78 is 2.74. The van der Waals surface area contributed by atoms with E-state index in [-0.39, 0.29) is 23.0 Å². The third kappa shape index (κ3) is 6.06. The van der Waals surface area contributed by atoms with E-state index >= 15 is 0 Å². The molecule has 0 saturated heterocycles. The van der Waals surface area contributed by atoms with Crippen LogP contribution in [0.25, 0.3) is 53.5 Å². The molecule has 3 heterocycles. The van der Waals surface area contributed by atoms with Crippen molar-refractivity contribution in [3.8, 4) is 11.1 Å². The van der Waals surface area contributed by atoms with E-state index in [0.717, 1.165) is 0 Å². The smallest absolute Gasteiger partial charge is 0.264 e. The van der Waals surface area contributed by atoms with Gasteiger partial charge in [-0.2, -0.15) is 0 Å². The lowest BCUT2D eigenvalue weighted by molar-refractivity contribution is 0.590. The maximum absolute atomic E-state index is 2.61. The van der Waals surface area contributed by atoms with E-state index in [2.05, 4.69) is 231 Å². The summed E-state index contributed by atoms with van der Waals surface area (Å²) in [5.74, 6) is 0. The molecule has 0 spiro atoms. The number of aryl methyl sites for hydroxylation is 1. The molecule has 0 amide bonds. The number of hydrogen-bond acceptors (Lipinski definition) is 3. The summed E-state index contributed by atoms with van der Waals surface area (Å²) >= 11 is 1.98. The van der Waals surface area contributed by atoms with Crippen LogP contribution in [-0.4, -0.2) is 6.71 Å². The Balaban J connectivity index is 1.16. The predicted molar refractivity (Wildman–Crippen MR) is 286 cm³/mol. The number of benzene rings is 9. The quantitative estimate of drug-likeness (QED) is 0.129. The van der Waals surface area contributed by atoms with Gasteiger partial charge in [0.05, 0.1) is 11.4 Å². The largest absolute Gasteiger partial charge is 0.311 e. The van der Waals surface area contributed by atoms with Gasteiger partial charge in [-0.1, -0.05) is 165 Å². The highest BCUT2D eigenvalue weighted by Gasteiger charge is 2.45. The van der Waals surface area contributed by atoms with Crippen molar-refractivity contribution in [3.63, 3.8) is 0 Å². The Kier molecular flexibility index (Phi) is 8.55. The van der Waals surface area contributed by atoms with Gasteiger partial charge in [0, 0.05) is 43.2 Å². The van der Waals surface area contributed by atoms with Gasteiger partial charge in [-0.05, 0) is 143 Å². The average molecular weight is 859 g/mol. The first-order valence-corrected chi connectivity index (χ1v) is 24.2. The number of fused-ring (bicyclic) bond motifs is 6. The fourth-order valence-electron chi connectivity index (χ4n) is 11.0. The fourth-order valence-corrected chi connectivity index (χ4v) is 12.3. The van der Waals surface area contributed by atoms with Crippen LogP contribution in [-0.2, 0) is 16.2 Å². The van der Waals surface area contributed by atoms with Crippen LogP contribution >= 0.6 is 11.3 Å². The van der Waals surface area contributed by atoms with Crippen LogP contribution in [0.4, 0.5) is 34.1 Å². The molecule has 4 heteroatoms. The third-order valence-electron chi connectivity index (χ3n) is 14.5. The predicted octanol–water partition coefficient (Wildman–Crippen LogP) is 15.7. The molecule has 2 nitrogen and oxygen atoms in total. The first-order chi connectivity index (χ1) is 31.0. The standard InChI is InChI=1S/C61H55BN2S/c1-36-17-30-50-48(33-36)62-56-51(63(43-26-22-40(23-27-43)59(2,3)4)57-47-35-42(61(8,9)10)25-32-53(47)65-58(57)62)15-12-16-52(56)64(50)49-31-24-41(60(5,6)7)34-46(49)44-28-20-39-19-18-37-13-11-14-38-21-29-45(44)55(39)54(37)38/h11-35H,1-10H3. The van der Waals surface area contributed by atoms with Gasteiger partial charge < -0.3 is 9.80 Å².